The number of aliphatic hydroxyl groups excluding tert-OH is 1. The number of piperidine rings is 1. The van der Waals surface area contributed by atoms with Crippen molar-refractivity contribution in [1.82, 2.24) is 15.0 Å². The minimum Gasteiger partial charge on any atom is -0.472 e. The van der Waals surface area contributed by atoms with E-state index in [0.29, 0.717) is 18.3 Å². The molecule has 0 aromatic carbocycles. The fraction of sp³-hybridized carbons (Fsp3) is 0.600. The Kier molecular flexibility index (Phi) is 4.07. The molecule has 21 heavy (non-hydrogen) atoms. The van der Waals surface area contributed by atoms with Gasteiger partial charge >= 0.3 is 0 Å². The number of furan rings is 1. The van der Waals surface area contributed by atoms with E-state index < -0.39 is 0 Å². The Balaban J connectivity index is 1.59. The van der Waals surface area contributed by atoms with Crippen LogP contribution in [-0.4, -0.2) is 39.8 Å². The van der Waals surface area contributed by atoms with Gasteiger partial charge in [-0.1, -0.05) is 12.1 Å². The molecule has 0 amide bonds. The molecule has 0 atom stereocenters. The molecule has 1 saturated heterocycles. The Morgan fingerprint density at radius 3 is 2.81 bits per heavy atom. The van der Waals surface area contributed by atoms with Gasteiger partial charge in [-0.15, -0.1) is 0 Å². The number of aliphatic hydroxyl groups is 1. The second-order valence-electron chi connectivity index (χ2n) is 5.82. The third kappa shape index (κ3) is 3.01. The molecular formula is C15H21N3O3. The summed E-state index contributed by atoms with van der Waals surface area (Å²) in [5.41, 5.74) is 0.910. The number of aromatic nitrogens is 2. The van der Waals surface area contributed by atoms with Crippen LogP contribution in [-0.2, 0) is 6.54 Å². The molecule has 2 aromatic rings. The zero-order valence-corrected chi connectivity index (χ0v) is 12.3. The molecule has 3 heterocycles. The zero-order valence-electron chi connectivity index (χ0n) is 12.3. The van der Waals surface area contributed by atoms with E-state index in [2.05, 4.69) is 22.0 Å². The highest BCUT2D eigenvalue weighted by Crippen LogP contribution is 2.34. The van der Waals surface area contributed by atoms with Crippen molar-refractivity contribution < 1.29 is 14.0 Å². The minimum atomic E-state index is 0.107. The first kappa shape index (κ1) is 14.3. The fourth-order valence-electron chi connectivity index (χ4n) is 2.83. The van der Waals surface area contributed by atoms with Gasteiger partial charge in [-0.25, -0.2) is 0 Å². The largest absolute Gasteiger partial charge is 0.472 e. The van der Waals surface area contributed by atoms with Crippen LogP contribution in [0, 0.1) is 5.41 Å². The van der Waals surface area contributed by atoms with Crippen molar-refractivity contribution in [3.63, 3.8) is 0 Å². The Labute approximate surface area is 123 Å². The zero-order chi connectivity index (χ0) is 14.7. The molecule has 1 N–H and O–H groups in total. The van der Waals surface area contributed by atoms with Gasteiger partial charge in [0.05, 0.1) is 18.4 Å². The molecule has 0 aliphatic carbocycles. The van der Waals surface area contributed by atoms with E-state index in [1.54, 1.807) is 18.6 Å². The quantitative estimate of drug-likeness (QED) is 0.911. The summed E-state index contributed by atoms with van der Waals surface area (Å²) in [6.45, 7) is 5.05. The van der Waals surface area contributed by atoms with Crippen molar-refractivity contribution in [3.05, 3.63) is 24.4 Å². The second-order valence-corrected chi connectivity index (χ2v) is 5.82. The third-order valence-electron chi connectivity index (χ3n) is 4.60. The normalized spacial score (nSPS) is 19.0. The van der Waals surface area contributed by atoms with Crippen LogP contribution in [0.2, 0.25) is 0 Å². The molecule has 0 spiro atoms. The van der Waals surface area contributed by atoms with Crippen molar-refractivity contribution in [2.45, 2.75) is 32.7 Å². The first-order chi connectivity index (χ1) is 10.2. The van der Waals surface area contributed by atoms with Crippen molar-refractivity contribution >= 4 is 0 Å². The number of likely N-dealkylation sites (tertiary alicyclic amines) is 1. The molecule has 6 heteroatoms. The molecule has 0 unspecified atom stereocenters. The Morgan fingerprint density at radius 2 is 2.19 bits per heavy atom. The Hall–Kier alpha value is -1.66. The summed E-state index contributed by atoms with van der Waals surface area (Å²) in [6, 6.07) is 1.80. The second kappa shape index (κ2) is 5.99. The van der Waals surface area contributed by atoms with Crippen LogP contribution in [0.25, 0.3) is 11.5 Å². The van der Waals surface area contributed by atoms with Crippen LogP contribution >= 0.6 is 0 Å². The van der Waals surface area contributed by atoms with Gasteiger partial charge in [0.1, 0.15) is 6.26 Å². The maximum absolute atomic E-state index is 9.56. The van der Waals surface area contributed by atoms with Gasteiger partial charge in [0.2, 0.25) is 0 Å². The smallest absolute Gasteiger partial charge is 0.261 e. The molecule has 1 aliphatic heterocycles. The topological polar surface area (TPSA) is 75.5 Å². The van der Waals surface area contributed by atoms with Crippen LogP contribution in [0.1, 0.15) is 32.0 Å². The van der Waals surface area contributed by atoms with E-state index in [1.165, 1.54) is 0 Å². The van der Waals surface area contributed by atoms with Gasteiger partial charge in [-0.3, -0.25) is 4.90 Å². The molecular weight excluding hydrogens is 270 g/mol. The molecule has 1 fully saturated rings. The number of rotatable bonds is 5. The predicted octanol–water partition coefficient (Wildman–Crippen LogP) is 2.31. The lowest BCUT2D eigenvalue weighted by Crippen LogP contribution is -2.41. The first-order valence-electron chi connectivity index (χ1n) is 7.43. The fourth-order valence-corrected chi connectivity index (χ4v) is 2.83. The molecule has 0 bridgehead atoms. The highest BCUT2D eigenvalue weighted by molar-refractivity contribution is 5.49. The van der Waals surface area contributed by atoms with Gasteiger partial charge in [0.15, 0.2) is 5.82 Å². The highest BCUT2D eigenvalue weighted by Gasteiger charge is 2.32. The number of hydrogen-bond donors (Lipinski definition) is 1. The molecule has 0 radical (unpaired) electrons. The lowest BCUT2D eigenvalue weighted by atomic mass is 9.77. The van der Waals surface area contributed by atoms with Crippen LogP contribution in [0.4, 0.5) is 0 Å². The third-order valence-corrected chi connectivity index (χ3v) is 4.60. The van der Waals surface area contributed by atoms with Gasteiger partial charge in [0.25, 0.3) is 5.89 Å². The summed E-state index contributed by atoms with van der Waals surface area (Å²) >= 11 is 0. The van der Waals surface area contributed by atoms with Gasteiger partial charge in [0, 0.05) is 6.61 Å². The van der Waals surface area contributed by atoms with Crippen LogP contribution in [0.15, 0.2) is 27.5 Å². The average molecular weight is 291 g/mol. The van der Waals surface area contributed by atoms with Crippen molar-refractivity contribution in [3.8, 4) is 11.5 Å². The molecule has 6 nitrogen and oxygen atoms in total. The summed E-state index contributed by atoms with van der Waals surface area (Å²) in [7, 11) is 0. The molecule has 3 rings (SSSR count). The van der Waals surface area contributed by atoms with Crippen LogP contribution in [0.3, 0.4) is 0 Å². The summed E-state index contributed by atoms with van der Waals surface area (Å²) < 4.78 is 10.3. The SMILES string of the molecule is CCC1(CO)CCN(Cc2noc(-c3ccoc3)n2)CC1. The highest BCUT2D eigenvalue weighted by atomic mass is 16.5. The van der Waals surface area contributed by atoms with Crippen molar-refractivity contribution in [1.29, 1.82) is 0 Å². The predicted molar refractivity (Wildman–Crippen MR) is 76.3 cm³/mol. The standard InChI is InChI=1S/C15H21N3O3/c1-2-15(11-19)4-6-18(7-5-15)9-13-16-14(21-17-13)12-3-8-20-10-12/h3,8,10,19H,2,4-7,9,11H2,1H3. The van der Waals surface area contributed by atoms with E-state index in [1.807, 2.05) is 0 Å². The summed E-state index contributed by atoms with van der Waals surface area (Å²) in [4.78, 5) is 6.71. The van der Waals surface area contributed by atoms with E-state index in [0.717, 1.165) is 37.9 Å². The average Bonchev–Trinajstić information content (AvgIpc) is 3.19. The lowest BCUT2D eigenvalue weighted by Gasteiger charge is -2.39. The van der Waals surface area contributed by atoms with Crippen LogP contribution in [0.5, 0.6) is 0 Å². The van der Waals surface area contributed by atoms with E-state index in [-0.39, 0.29) is 12.0 Å². The Morgan fingerprint density at radius 1 is 1.38 bits per heavy atom. The lowest BCUT2D eigenvalue weighted by molar-refractivity contribution is 0.0371. The van der Waals surface area contributed by atoms with E-state index in [9.17, 15) is 5.11 Å². The molecule has 1 aliphatic rings. The first-order valence-corrected chi connectivity index (χ1v) is 7.43. The number of nitrogens with zero attached hydrogens (tertiary/aromatic N) is 3. The monoisotopic (exact) mass is 291 g/mol. The van der Waals surface area contributed by atoms with Gasteiger partial charge in [-0.2, -0.15) is 4.98 Å². The van der Waals surface area contributed by atoms with Crippen molar-refractivity contribution in [2.75, 3.05) is 19.7 Å². The molecule has 0 saturated carbocycles. The maximum atomic E-state index is 9.56. The Bertz CT molecular complexity index is 550. The van der Waals surface area contributed by atoms with E-state index >= 15 is 0 Å². The van der Waals surface area contributed by atoms with E-state index in [4.69, 9.17) is 8.94 Å². The van der Waals surface area contributed by atoms with Gasteiger partial charge in [-0.05, 0) is 43.8 Å². The summed E-state index contributed by atoms with van der Waals surface area (Å²) in [5, 5.41) is 13.6. The summed E-state index contributed by atoms with van der Waals surface area (Å²) in [5.74, 6) is 1.19. The molecule has 114 valence electrons. The van der Waals surface area contributed by atoms with Crippen LogP contribution < -0.4 is 0 Å². The van der Waals surface area contributed by atoms with Crippen molar-refractivity contribution in [2.24, 2.45) is 5.41 Å². The summed E-state index contributed by atoms with van der Waals surface area (Å²) in [6.07, 6.45) is 6.25. The van der Waals surface area contributed by atoms with Gasteiger partial charge < -0.3 is 14.0 Å². The minimum absolute atomic E-state index is 0.107. The maximum Gasteiger partial charge on any atom is 0.261 e. The number of hydrogen-bond acceptors (Lipinski definition) is 6. The molecule has 2 aromatic heterocycles.